The molecule has 1 atom stereocenters. The Labute approximate surface area is 90.7 Å². The summed E-state index contributed by atoms with van der Waals surface area (Å²) in [5.74, 6) is -2.34. The molecule has 9 heteroatoms. The standard InChI is InChI=1S/C6H5F3N2O2S2/c1-2(3(12)13)14-5-10-4(11-15-5)6(7,8)9/h2H,1H3,(H,12,13). The highest BCUT2D eigenvalue weighted by atomic mass is 32.2. The quantitative estimate of drug-likeness (QED) is 0.841. The van der Waals surface area contributed by atoms with Gasteiger partial charge in [0.2, 0.25) is 5.82 Å². The van der Waals surface area contributed by atoms with Gasteiger partial charge in [-0.15, -0.1) is 0 Å². The van der Waals surface area contributed by atoms with Crippen molar-refractivity contribution in [3.05, 3.63) is 5.82 Å². The molecule has 15 heavy (non-hydrogen) atoms. The van der Waals surface area contributed by atoms with E-state index in [1.165, 1.54) is 6.92 Å². The lowest BCUT2D eigenvalue weighted by Crippen LogP contribution is -2.11. The van der Waals surface area contributed by atoms with Gasteiger partial charge in [0, 0.05) is 0 Å². The number of thioether (sulfide) groups is 1. The maximum absolute atomic E-state index is 12.1. The third kappa shape index (κ3) is 3.34. The van der Waals surface area contributed by atoms with Gasteiger partial charge in [-0.25, -0.2) is 4.98 Å². The Bertz CT molecular complexity index is 366. The molecule has 0 amide bonds. The topological polar surface area (TPSA) is 63.1 Å². The lowest BCUT2D eigenvalue weighted by Gasteiger charge is -2.01. The molecule has 0 spiro atoms. The molecule has 1 unspecified atom stereocenters. The molecule has 0 aliphatic rings. The predicted molar refractivity (Wildman–Crippen MR) is 47.9 cm³/mol. The van der Waals surface area contributed by atoms with Crippen molar-refractivity contribution < 1.29 is 23.1 Å². The van der Waals surface area contributed by atoms with Crippen molar-refractivity contribution in [1.82, 2.24) is 9.36 Å². The number of nitrogens with zero attached hydrogens (tertiary/aromatic N) is 2. The number of hydrogen-bond donors (Lipinski definition) is 1. The number of aliphatic carboxylic acids is 1. The van der Waals surface area contributed by atoms with Crippen molar-refractivity contribution in [2.75, 3.05) is 0 Å². The van der Waals surface area contributed by atoms with Crippen LogP contribution in [0.4, 0.5) is 13.2 Å². The zero-order valence-corrected chi connectivity index (χ0v) is 8.91. The van der Waals surface area contributed by atoms with E-state index in [2.05, 4.69) is 9.36 Å². The fourth-order valence-electron chi connectivity index (χ4n) is 0.574. The average molecular weight is 258 g/mol. The maximum atomic E-state index is 12.1. The van der Waals surface area contributed by atoms with E-state index in [0.29, 0.717) is 11.5 Å². The van der Waals surface area contributed by atoms with Crippen molar-refractivity contribution in [2.45, 2.75) is 22.7 Å². The number of alkyl halides is 3. The summed E-state index contributed by atoms with van der Waals surface area (Å²) in [4.78, 5) is 13.6. The van der Waals surface area contributed by atoms with Gasteiger partial charge in [0.1, 0.15) is 5.25 Å². The van der Waals surface area contributed by atoms with Gasteiger partial charge in [-0.3, -0.25) is 4.79 Å². The summed E-state index contributed by atoms with van der Waals surface area (Å²) < 4.78 is 39.2. The summed E-state index contributed by atoms with van der Waals surface area (Å²) in [6, 6.07) is 0. The molecule has 1 rings (SSSR count). The number of carboxylic acid groups (broad SMARTS) is 1. The van der Waals surface area contributed by atoms with E-state index in [9.17, 15) is 18.0 Å². The monoisotopic (exact) mass is 258 g/mol. The molecule has 1 heterocycles. The van der Waals surface area contributed by atoms with Crippen LogP contribution in [0, 0.1) is 0 Å². The van der Waals surface area contributed by atoms with Gasteiger partial charge in [0.25, 0.3) is 0 Å². The second-order valence-corrected chi connectivity index (χ2v) is 4.82. The molecule has 0 radical (unpaired) electrons. The smallest absolute Gasteiger partial charge is 0.452 e. The molecule has 0 aliphatic heterocycles. The molecule has 1 aromatic heterocycles. The van der Waals surface area contributed by atoms with Crippen LogP contribution < -0.4 is 0 Å². The Kier molecular flexibility index (Phi) is 3.55. The molecular weight excluding hydrogens is 253 g/mol. The van der Waals surface area contributed by atoms with Gasteiger partial charge in [0.05, 0.1) is 0 Å². The largest absolute Gasteiger partial charge is 0.480 e. The second kappa shape index (κ2) is 4.35. The highest BCUT2D eigenvalue weighted by Crippen LogP contribution is 2.32. The minimum absolute atomic E-state index is 0.00257. The zero-order valence-electron chi connectivity index (χ0n) is 7.28. The van der Waals surface area contributed by atoms with Crippen molar-refractivity contribution in [3.8, 4) is 0 Å². The van der Waals surface area contributed by atoms with Gasteiger partial charge >= 0.3 is 12.1 Å². The van der Waals surface area contributed by atoms with Gasteiger partial charge < -0.3 is 5.11 Å². The first-order chi connectivity index (χ1) is 6.80. The van der Waals surface area contributed by atoms with Gasteiger partial charge in [0.15, 0.2) is 4.34 Å². The van der Waals surface area contributed by atoms with Crippen LogP contribution >= 0.6 is 23.3 Å². The number of carboxylic acids is 1. The molecule has 84 valence electrons. The van der Waals surface area contributed by atoms with Crippen LogP contribution in [0.5, 0.6) is 0 Å². The third-order valence-corrected chi connectivity index (χ3v) is 3.16. The van der Waals surface area contributed by atoms with Crippen molar-refractivity contribution in [1.29, 1.82) is 0 Å². The number of halogens is 3. The summed E-state index contributed by atoms with van der Waals surface area (Å²) in [5.41, 5.74) is 0. The summed E-state index contributed by atoms with van der Waals surface area (Å²) in [5, 5.41) is 7.68. The van der Waals surface area contributed by atoms with E-state index in [0.717, 1.165) is 11.8 Å². The normalized spacial score (nSPS) is 13.9. The van der Waals surface area contributed by atoms with E-state index < -0.39 is 23.2 Å². The predicted octanol–water partition coefficient (Wildman–Crippen LogP) is 2.12. The fraction of sp³-hybridized carbons (Fsp3) is 0.500. The van der Waals surface area contributed by atoms with E-state index in [4.69, 9.17) is 5.11 Å². The zero-order chi connectivity index (χ0) is 11.6. The molecular formula is C6H5F3N2O2S2. The molecule has 1 aromatic rings. The van der Waals surface area contributed by atoms with Crippen LogP contribution in [-0.4, -0.2) is 25.7 Å². The highest BCUT2D eigenvalue weighted by Gasteiger charge is 2.36. The number of rotatable bonds is 3. The first kappa shape index (κ1) is 12.2. The number of carbonyl (C=O) groups is 1. The van der Waals surface area contributed by atoms with Crippen LogP contribution in [0.1, 0.15) is 12.7 Å². The first-order valence-electron chi connectivity index (χ1n) is 3.61. The molecule has 0 aliphatic carbocycles. The van der Waals surface area contributed by atoms with Crippen LogP contribution in [-0.2, 0) is 11.0 Å². The van der Waals surface area contributed by atoms with Crippen LogP contribution in [0.15, 0.2) is 4.34 Å². The molecule has 0 bridgehead atoms. The third-order valence-electron chi connectivity index (χ3n) is 1.29. The van der Waals surface area contributed by atoms with E-state index in [1.54, 1.807) is 0 Å². The lowest BCUT2D eigenvalue weighted by molar-refractivity contribution is -0.144. The minimum atomic E-state index is -4.58. The number of aromatic nitrogens is 2. The molecule has 0 saturated heterocycles. The van der Waals surface area contributed by atoms with E-state index in [1.807, 2.05) is 0 Å². The summed E-state index contributed by atoms with van der Waals surface area (Å²) in [6.45, 7) is 1.36. The van der Waals surface area contributed by atoms with Gasteiger partial charge in [-0.05, 0) is 18.5 Å². The molecule has 4 nitrogen and oxygen atoms in total. The fourth-order valence-corrected chi connectivity index (χ4v) is 2.27. The van der Waals surface area contributed by atoms with E-state index in [-0.39, 0.29) is 4.34 Å². The Morgan fingerprint density at radius 3 is 2.60 bits per heavy atom. The number of hydrogen-bond acceptors (Lipinski definition) is 5. The van der Waals surface area contributed by atoms with Crippen molar-refractivity contribution >= 4 is 29.3 Å². The Balaban J connectivity index is 2.73. The highest BCUT2D eigenvalue weighted by molar-refractivity contribution is 8.02. The summed E-state index contributed by atoms with van der Waals surface area (Å²) in [6.07, 6.45) is -4.58. The average Bonchev–Trinajstić information content (AvgIpc) is 2.51. The Morgan fingerprint density at radius 2 is 2.20 bits per heavy atom. The maximum Gasteiger partial charge on any atom is 0.452 e. The SMILES string of the molecule is CC(Sc1nc(C(F)(F)F)ns1)C(=O)O. The van der Waals surface area contributed by atoms with Crippen molar-refractivity contribution in [3.63, 3.8) is 0 Å². The molecule has 0 fully saturated rings. The molecule has 0 saturated carbocycles. The Hall–Kier alpha value is -0.830. The summed E-state index contributed by atoms with van der Waals surface area (Å²) in [7, 11) is 0. The second-order valence-electron chi connectivity index (χ2n) is 2.48. The van der Waals surface area contributed by atoms with Crippen LogP contribution in [0.2, 0.25) is 0 Å². The first-order valence-corrected chi connectivity index (χ1v) is 5.26. The van der Waals surface area contributed by atoms with Crippen molar-refractivity contribution in [2.24, 2.45) is 0 Å². The van der Waals surface area contributed by atoms with Gasteiger partial charge in [-0.1, -0.05) is 11.8 Å². The summed E-state index contributed by atoms with van der Waals surface area (Å²) >= 11 is 1.27. The minimum Gasteiger partial charge on any atom is -0.480 e. The molecule has 0 aromatic carbocycles. The van der Waals surface area contributed by atoms with Gasteiger partial charge in [-0.2, -0.15) is 17.5 Å². The van der Waals surface area contributed by atoms with Crippen LogP contribution in [0.3, 0.4) is 0 Å². The molecule has 1 N–H and O–H groups in total. The van der Waals surface area contributed by atoms with E-state index >= 15 is 0 Å². The van der Waals surface area contributed by atoms with Crippen LogP contribution in [0.25, 0.3) is 0 Å². The lowest BCUT2D eigenvalue weighted by atomic mass is 10.5. The Morgan fingerprint density at radius 1 is 1.60 bits per heavy atom.